The lowest BCUT2D eigenvalue weighted by Gasteiger charge is -2.12. The summed E-state index contributed by atoms with van der Waals surface area (Å²) in [5, 5.41) is 6.65. The number of aromatic nitrogens is 2. The summed E-state index contributed by atoms with van der Waals surface area (Å²) < 4.78 is 0. The second kappa shape index (κ2) is 6.35. The first-order valence-corrected chi connectivity index (χ1v) is 8.55. The van der Waals surface area contributed by atoms with Crippen molar-refractivity contribution in [3.63, 3.8) is 0 Å². The van der Waals surface area contributed by atoms with E-state index in [2.05, 4.69) is 58.0 Å². The summed E-state index contributed by atoms with van der Waals surface area (Å²) in [5.74, 6) is 2.19. The molecule has 0 atom stereocenters. The summed E-state index contributed by atoms with van der Waals surface area (Å²) in [6.07, 6.45) is 4.56. The van der Waals surface area contributed by atoms with E-state index in [1.54, 1.807) is 11.8 Å². The van der Waals surface area contributed by atoms with Gasteiger partial charge in [-0.25, -0.2) is 4.98 Å². The third-order valence-corrected chi connectivity index (χ3v) is 4.24. The molecular formula is C16H20N4S. The number of nitrogens with zero attached hydrogens (tertiary/aromatic N) is 2. The van der Waals surface area contributed by atoms with Crippen LogP contribution >= 0.6 is 11.8 Å². The molecule has 1 saturated carbocycles. The van der Waals surface area contributed by atoms with E-state index in [9.17, 15) is 0 Å². The van der Waals surface area contributed by atoms with E-state index in [4.69, 9.17) is 0 Å². The first kappa shape index (κ1) is 14.2. The summed E-state index contributed by atoms with van der Waals surface area (Å²) in [5.41, 5.74) is 2.23. The van der Waals surface area contributed by atoms with Crippen LogP contribution in [0.5, 0.6) is 0 Å². The minimum absolute atomic E-state index is 0.613. The van der Waals surface area contributed by atoms with Crippen LogP contribution in [0.3, 0.4) is 0 Å². The fraction of sp³-hybridized carbons (Fsp3) is 0.375. The number of thioether (sulfide) groups is 1. The summed E-state index contributed by atoms with van der Waals surface area (Å²) in [6, 6.07) is 10.4. The Bertz CT molecular complexity index is 625. The van der Waals surface area contributed by atoms with Crippen molar-refractivity contribution in [3.05, 3.63) is 36.0 Å². The van der Waals surface area contributed by atoms with E-state index in [-0.39, 0.29) is 0 Å². The lowest BCUT2D eigenvalue weighted by Crippen LogP contribution is -2.06. The van der Waals surface area contributed by atoms with Crippen molar-refractivity contribution in [2.45, 2.75) is 30.6 Å². The van der Waals surface area contributed by atoms with Gasteiger partial charge in [0.2, 0.25) is 5.95 Å². The van der Waals surface area contributed by atoms with E-state index in [1.165, 1.54) is 17.7 Å². The number of hydrogen-bond acceptors (Lipinski definition) is 5. The fourth-order valence-electron chi connectivity index (χ4n) is 2.24. The highest BCUT2D eigenvalue weighted by Crippen LogP contribution is 2.40. The predicted molar refractivity (Wildman–Crippen MR) is 89.7 cm³/mol. The van der Waals surface area contributed by atoms with Crippen LogP contribution in [0.4, 0.5) is 17.5 Å². The minimum atomic E-state index is 0.613. The zero-order valence-electron chi connectivity index (χ0n) is 12.4. The summed E-state index contributed by atoms with van der Waals surface area (Å²) >= 11 is 1.73. The molecule has 4 nitrogen and oxygen atoms in total. The third-order valence-electron chi connectivity index (χ3n) is 3.45. The van der Waals surface area contributed by atoms with Gasteiger partial charge in [-0.15, -0.1) is 11.8 Å². The van der Waals surface area contributed by atoms with Crippen molar-refractivity contribution >= 4 is 29.2 Å². The van der Waals surface area contributed by atoms with Gasteiger partial charge in [0.25, 0.3) is 0 Å². The number of benzene rings is 1. The molecule has 0 amide bonds. The molecule has 0 unspecified atom stereocenters. The Labute approximate surface area is 129 Å². The van der Waals surface area contributed by atoms with Gasteiger partial charge in [0.1, 0.15) is 5.82 Å². The predicted octanol–water partition coefficient (Wildman–Crippen LogP) is 4.25. The maximum atomic E-state index is 4.60. The van der Waals surface area contributed by atoms with Crippen LogP contribution in [-0.2, 0) is 0 Å². The quantitative estimate of drug-likeness (QED) is 0.781. The number of nitrogens with one attached hydrogen (secondary N) is 2. The molecule has 1 aromatic heterocycles. The molecule has 1 aliphatic rings. The number of rotatable bonds is 6. The van der Waals surface area contributed by atoms with Gasteiger partial charge in [-0.2, -0.15) is 4.98 Å². The second-order valence-electron chi connectivity index (χ2n) is 5.13. The van der Waals surface area contributed by atoms with Gasteiger partial charge in [0.05, 0.1) is 11.4 Å². The topological polar surface area (TPSA) is 49.8 Å². The van der Waals surface area contributed by atoms with Crippen LogP contribution < -0.4 is 10.6 Å². The molecule has 2 N–H and O–H groups in total. The summed E-state index contributed by atoms with van der Waals surface area (Å²) in [4.78, 5) is 10.4. The molecule has 0 bridgehead atoms. The van der Waals surface area contributed by atoms with Gasteiger partial charge in [0, 0.05) is 23.4 Å². The van der Waals surface area contributed by atoms with Crippen LogP contribution in [-0.4, -0.2) is 22.8 Å². The normalized spacial score (nSPS) is 14.0. The molecule has 5 heteroatoms. The van der Waals surface area contributed by atoms with Gasteiger partial charge >= 0.3 is 0 Å². The van der Waals surface area contributed by atoms with Crippen molar-refractivity contribution in [3.8, 4) is 0 Å². The molecule has 0 radical (unpaired) electrons. The lowest BCUT2D eigenvalue weighted by atomic mass is 10.2. The zero-order valence-corrected chi connectivity index (χ0v) is 13.2. The van der Waals surface area contributed by atoms with Crippen molar-refractivity contribution in [2.75, 3.05) is 23.4 Å². The molecule has 1 aromatic carbocycles. The highest BCUT2D eigenvalue weighted by molar-refractivity contribution is 7.98. The average molecular weight is 300 g/mol. The zero-order chi connectivity index (χ0) is 14.7. The molecule has 0 aliphatic heterocycles. The Morgan fingerprint density at radius 1 is 1.24 bits per heavy atom. The van der Waals surface area contributed by atoms with Crippen molar-refractivity contribution in [2.24, 2.45) is 0 Å². The monoisotopic (exact) mass is 300 g/mol. The van der Waals surface area contributed by atoms with E-state index in [1.807, 2.05) is 6.07 Å². The number of para-hydroxylation sites is 1. The van der Waals surface area contributed by atoms with Crippen LogP contribution in [0.15, 0.2) is 35.2 Å². The summed E-state index contributed by atoms with van der Waals surface area (Å²) in [6.45, 7) is 2.89. The van der Waals surface area contributed by atoms with Gasteiger partial charge in [-0.1, -0.05) is 12.1 Å². The Kier molecular flexibility index (Phi) is 4.29. The Balaban J connectivity index is 1.89. The highest BCUT2D eigenvalue weighted by atomic mass is 32.2. The Morgan fingerprint density at radius 2 is 2.05 bits per heavy atom. The van der Waals surface area contributed by atoms with Crippen molar-refractivity contribution in [1.82, 2.24) is 9.97 Å². The summed E-state index contributed by atoms with van der Waals surface area (Å²) in [7, 11) is 0. The Hall–Kier alpha value is -1.75. The lowest BCUT2D eigenvalue weighted by molar-refractivity contribution is 0.977. The minimum Gasteiger partial charge on any atom is -0.354 e. The van der Waals surface area contributed by atoms with Gasteiger partial charge < -0.3 is 10.6 Å². The third kappa shape index (κ3) is 3.47. The van der Waals surface area contributed by atoms with E-state index >= 15 is 0 Å². The van der Waals surface area contributed by atoms with Crippen molar-refractivity contribution < 1.29 is 0 Å². The van der Waals surface area contributed by atoms with E-state index in [0.717, 1.165) is 23.7 Å². The smallest absolute Gasteiger partial charge is 0.224 e. The molecule has 3 rings (SSSR count). The fourth-order valence-corrected chi connectivity index (χ4v) is 2.79. The van der Waals surface area contributed by atoms with E-state index in [0.29, 0.717) is 11.9 Å². The molecule has 110 valence electrons. The molecule has 0 saturated heterocycles. The first-order chi connectivity index (χ1) is 10.3. The van der Waals surface area contributed by atoms with Crippen molar-refractivity contribution in [1.29, 1.82) is 0 Å². The maximum Gasteiger partial charge on any atom is 0.224 e. The van der Waals surface area contributed by atoms with Crippen LogP contribution in [0.1, 0.15) is 31.4 Å². The molecule has 1 fully saturated rings. The van der Waals surface area contributed by atoms with Crippen LogP contribution in [0.25, 0.3) is 0 Å². The van der Waals surface area contributed by atoms with Gasteiger partial charge in [0.15, 0.2) is 0 Å². The molecular weight excluding hydrogens is 280 g/mol. The standard InChI is InChI=1S/C16H20N4S/c1-3-17-16-19-13(11-8-9-11)10-15(20-16)18-12-6-4-5-7-14(12)21-2/h4-7,10-11H,3,8-9H2,1-2H3,(H2,17,18,19,20). The molecule has 1 aliphatic carbocycles. The van der Waals surface area contributed by atoms with Gasteiger partial charge in [-0.3, -0.25) is 0 Å². The SMILES string of the molecule is CCNc1nc(Nc2ccccc2SC)cc(C2CC2)n1. The number of anilines is 3. The largest absolute Gasteiger partial charge is 0.354 e. The Morgan fingerprint density at radius 3 is 2.76 bits per heavy atom. The van der Waals surface area contributed by atoms with E-state index < -0.39 is 0 Å². The first-order valence-electron chi connectivity index (χ1n) is 7.33. The second-order valence-corrected chi connectivity index (χ2v) is 5.98. The van der Waals surface area contributed by atoms with Crippen LogP contribution in [0.2, 0.25) is 0 Å². The molecule has 0 spiro atoms. The van der Waals surface area contributed by atoms with Gasteiger partial charge in [-0.05, 0) is 38.2 Å². The average Bonchev–Trinajstić information content (AvgIpc) is 3.32. The molecule has 2 aromatic rings. The molecule has 1 heterocycles. The highest BCUT2D eigenvalue weighted by Gasteiger charge is 2.26. The van der Waals surface area contributed by atoms with Crippen LogP contribution in [0, 0.1) is 0 Å². The maximum absolute atomic E-state index is 4.60. The number of hydrogen-bond donors (Lipinski definition) is 2. The molecule has 21 heavy (non-hydrogen) atoms.